The van der Waals surface area contributed by atoms with Gasteiger partial charge in [-0.3, -0.25) is 9.80 Å². The third-order valence-corrected chi connectivity index (χ3v) is 7.94. The van der Waals surface area contributed by atoms with Gasteiger partial charge < -0.3 is 5.32 Å². The number of amides is 2. The topological polar surface area (TPSA) is 48.5 Å². The molecule has 1 spiro atoms. The van der Waals surface area contributed by atoms with Gasteiger partial charge in [-0.25, -0.2) is 9.78 Å². The molecule has 5 nitrogen and oxygen atoms in total. The lowest BCUT2D eigenvalue weighted by Crippen LogP contribution is -2.47. The predicted molar refractivity (Wildman–Crippen MR) is 148 cm³/mol. The first kappa shape index (κ1) is 27.5. The molecule has 0 radical (unpaired) electrons. The summed E-state index contributed by atoms with van der Waals surface area (Å²) >= 11 is 11.9. The molecule has 3 heterocycles. The fraction of sp³-hybridized carbons (Fsp3) is 0.310. The van der Waals surface area contributed by atoms with Crippen LogP contribution in [0.1, 0.15) is 35.1 Å². The first-order valence-electron chi connectivity index (χ1n) is 12.6. The SMILES string of the molecule is O=C(NCc1ccnc(Cl)c1)N1CC2(CCN(CC=Cc3ccc(Cl)cc3)CC2)c2cc(C(F)(F)F)ccc21. The molecule has 1 fully saturated rings. The van der Waals surface area contributed by atoms with Gasteiger partial charge in [0.1, 0.15) is 5.15 Å². The van der Waals surface area contributed by atoms with E-state index >= 15 is 0 Å². The molecule has 1 aromatic heterocycles. The number of nitrogens with zero attached hydrogens (tertiary/aromatic N) is 3. The average molecular weight is 575 g/mol. The van der Waals surface area contributed by atoms with E-state index < -0.39 is 17.2 Å². The molecule has 0 saturated carbocycles. The van der Waals surface area contributed by atoms with Crippen molar-refractivity contribution in [3.8, 4) is 0 Å². The Labute approximate surface area is 235 Å². The zero-order chi connectivity index (χ0) is 27.6. The number of pyridine rings is 1. The number of nitrogens with one attached hydrogen (secondary N) is 1. The second kappa shape index (κ2) is 11.2. The molecule has 1 saturated heterocycles. The number of urea groups is 1. The minimum Gasteiger partial charge on any atom is -0.334 e. The summed E-state index contributed by atoms with van der Waals surface area (Å²) in [6, 6.07) is 14.3. The Morgan fingerprint density at radius 2 is 1.79 bits per heavy atom. The van der Waals surface area contributed by atoms with Crippen LogP contribution in [0.15, 0.2) is 66.9 Å². The van der Waals surface area contributed by atoms with Gasteiger partial charge in [0.25, 0.3) is 0 Å². The van der Waals surface area contributed by atoms with Gasteiger partial charge in [0.2, 0.25) is 0 Å². The fourth-order valence-electron chi connectivity index (χ4n) is 5.36. The lowest BCUT2D eigenvalue weighted by molar-refractivity contribution is -0.137. The van der Waals surface area contributed by atoms with Crippen molar-refractivity contribution in [3.05, 3.63) is 99.3 Å². The van der Waals surface area contributed by atoms with E-state index in [4.69, 9.17) is 23.2 Å². The summed E-state index contributed by atoms with van der Waals surface area (Å²) in [4.78, 5) is 21.0. The number of anilines is 1. The van der Waals surface area contributed by atoms with E-state index in [9.17, 15) is 18.0 Å². The molecule has 39 heavy (non-hydrogen) atoms. The van der Waals surface area contributed by atoms with Crippen molar-refractivity contribution in [1.82, 2.24) is 15.2 Å². The highest BCUT2D eigenvalue weighted by atomic mass is 35.5. The summed E-state index contributed by atoms with van der Waals surface area (Å²) in [6.45, 7) is 2.72. The van der Waals surface area contributed by atoms with Crippen LogP contribution in [0.3, 0.4) is 0 Å². The standard InChI is InChI=1S/C29H27Cl2F3N4O/c30-23-6-3-20(4-7-23)2-1-13-37-14-10-28(11-15-37)19-38(25-8-5-22(17-24(25)28)29(32,33)34)27(39)36-18-21-9-12-35-26(31)16-21/h1-9,12,16-17H,10-11,13-15,18-19H2,(H,36,39). The number of hydrogen-bond acceptors (Lipinski definition) is 3. The van der Waals surface area contributed by atoms with Crippen LogP contribution in [-0.2, 0) is 18.1 Å². The Morgan fingerprint density at radius 1 is 1.05 bits per heavy atom. The smallest absolute Gasteiger partial charge is 0.334 e. The molecule has 2 aromatic carbocycles. The molecule has 204 valence electrons. The molecule has 3 aromatic rings. The Morgan fingerprint density at radius 3 is 2.49 bits per heavy atom. The lowest BCUT2D eigenvalue weighted by atomic mass is 9.74. The molecule has 0 bridgehead atoms. The first-order valence-corrected chi connectivity index (χ1v) is 13.4. The van der Waals surface area contributed by atoms with Gasteiger partial charge in [-0.1, -0.05) is 47.5 Å². The number of piperidine rings is 1. The Kier molecular flexibility index (Phi) is 7.89. The van der Waals surface area contributed by atoms with Gasteiger partial charge in [-0.2, -0.15) is 13.2 Å². The summed E-state index contributed by atoms with van der Waals surface area (Å²) < 4.78 is 40.9. The van der Waals surface area contributed by atoms with Crippen LogP contribution >= 0.6 is 23.2 Å². The van der Waals surface area contributed by atoms with Gasteiger partial charge in [0.05, 0.1) is 5.56 Å². The van der Waals surface area contributed by atoms with Gasteiger partial charge in [0, 0.05) is 42.0 Å². The summed E-state index contributed by atoms with van der Waals surface area (Å²) in [6.07, 6.45) is 2.51. The number of halogens is 5. The number of carbonyl (C=O) groups is 1. The van der Waals surface area contributed by atoms with Crippen LogP contribution in [0.5, 0.6) is 0 Å². The maximum absolute atomic E-state index is 13.6. The quantitative estimate of drug-likeness (QED) is 0.328. The molecule has 0 unspecified atom stereocenters. The highest BCUT2D eigenvalue weighted by Crippen LogP contribution is 2.48. The number of likely N-dealkylation sites (tertiary alicyclic amines) is 1. The average Bonchev–Trinajstić information content (AvgIpc) is 3.22. The third-order valence-electron chi connectivity index (χ3n) is 7.48. The van der Waals surface area contributed by atoms with Gasteiger partial charge in [-0.05, 0) is 85.1 Å². The Balaban J connectivity index is 1.31. The van der Waals surface area contributed by atoms with Crippen LogP contribution in [0, 0.1) is 0 Å². The number of alkyl halides is 3. The molecule has 10 heteroatoms. The predicted octanol–water partition coefficient (Wildman–Crippen LogP) is 7.18. The van der Waals surface area contributed by atoms with E-state index in [-0.39, 0.29) is 12.6 Å². The minimum absolute atomic E-state index is 0.230. The van der Waals surface area contributed by atoms with Crippen molar-refractivity contribution in [2.45, 2.75) is 31.0 Å². The minimum atomic E-state index is -4.46. The van der Waals surface area contributed by atoms with Crippen LogP contribution in [0.4, 0.5) is 23.7 Å². The molecule has 2 aliphatic rings. The zero-order valence-electron chi connectivity index (χ0n) is 21.0. The number of hydrogen-bond donors (Lipinski definition) is 1. The van der Waals surface area contributed by atoms with Crippen molar-refractivity contribution < 1.29 is 18.0 Å². The maximum Gasteiger partial charge on any atom is 0.416 e. The first-order chi connectivity index (χ1) is 18.6. The maximum atomic E-state index is 13.6. The fourth-order valence-corrected chi connectivity index (χ4v) is 5.68. The number of benzene rings is 2. The largest absolute Gasteiger partial charge is 0.416 e. The number of rotatable bonds is 5. The second-order valence-electron chi connectivity index (χ2n) is 10.00. The molecule has 2 aliphatic heterocycles. The van der Waals surface area contributed by atoms with Crippen molar-refractivity contribution in [3.63, 3.8) is 0 Å². The monoisotopic (exact) mass is 574 g/mol. The highest BCUT2D eigenvalue weighted by Gasteiger charge is 2.47. The number of carbonyl (C=O) groups excluding carboxylic acids is 1. The lowest BCUT2D eigenvalue weighted by Gasteiger charge is -2.39. The number of fused-ring (bicyclic) bond motifs is 2. The van der Waals surface area contributed by atoms with Crippen molar-refractivity contribution in [2.75, 3.05) is 31.1 Å². The molecule has 2 amide bonds. The normalized spacial score (nSPS) is 17.1. The second-order valence-corrected chi connectivity index (χ2v) is 10.8. The Bertz CT molecular complexity index is 1370. The molecule has 1 N–H and O–H groups in total. The molecule has 0 atom stereocenters. The number of aromatic nitrogens is 1. The summed E-state index contributed by atoms with van der Waals surface area (Å²) in [5.41, 5.74) is 1.73. The van der Waals surface area contributed by atoms with Crippen molar-refractivity contribution in [2.24, 2.45) is 0 Å². The van der Waals surface area contributed by atoms with E-state index in [2.05, 4.69) is 21.3 Å². The van der Waals surface area contributed by atoms with Crippen LogP contribution < -0.4 is 10.2 Å². The van der Waals surface area contributed by atoms with Gasteiger partial charge >= 0.3 is 12.2 Å². The van der Waals surface area contributed by atoms with Gasteiger partial charge in [0.15, 0.2) is 0 Å². The Hall–Kier alpha value is -3.07. The van der Waals surface area contributed by atoms with Crippen LogP contribution in [0.2, 0.25) is 10.2 Å². The van der Waals surface area contributed by atoms with E-state index in [1.54, 1.807) is 23.2 Å². The highest BCUT2D eigenvalue weighted by molar-refractivity contribution is 6.30. The summed E-state index contributed by atoms with van der Waals surface area (Å²) in [5, 5.41) is 3.89. The molecular formula is C29H27Cl2F3N4O. The van der Waals surface area contributed by atoms with E-state index in [0.29, 0.717) is 53.9 Å². The zero-order valence-corrected chi connectivity index (χ0v) is 22.5. The van der Waals surface area contributed by atoms with Crippen LogP contribution in [-0.4, -0.2) is 42.1 Å². The molecule has 0 aliphatic carbocycles. The van der Waals surface area contributed by atoms with Gasteiger partial charge in [-0.15, -0.1) is 0 Å². The summed E-state index contributed by atoms with van der Waals surface area (Å²) in [5.74, 6) is 0. The van der Waals surface area contributed by atoms with Crippen molar-refractivity contribution >= 4 is 41.0 Å². The third kappa shape index (κ3) is 6.24. The molecule has 5 rings (SSSR count). The van der Waals surface area contributed by atoms with Crippen LogP contribution in [0.25, 0.3) is 6.08 Å². The van der Waals surface area contributed by atoms with Crippen molar-refractivity contribution in [1.29, 1.82) is 0 Å². The van der Waals surface area contributed by atoms with E-state index in [1.165, 1.54) is 12.1 Å². The summed E-state index contributed by atoms with van der Waals surface area (Å²) in [7, 11) is 0. The molecular weight excluding hydrogens is 548 g/mol. The van der Waals surface area contributed by atoms with E-state index in [1.807, 2.05) is 30.3 Å². The van der Waals surface area contributed by atoms with E-state index in [0.717, 1.165) is 23.7 Å².